The van der Waals surface area contributed by atoms with E-state index in [0.717, 1.165) is 5.56 Å². The fourth-order valence-corrected chi connectivity index (χ4v) is 2.56. The minimum atomic E-state index is -1.04. The molecule has 160 valence electrons. The van der Waals surface area contributed by atoms with Gasteiger partial charge in [-0.25, -0.2) is 9.78 Å². The van der Waals surface area contributed by atoms with Gasteiger partial charge in [0.15, 0.2) is 18.1 Å². The molecule has 0 radical (unpaired) electrons. The molecule has 0 aliphatic rings. The predicted molar refractivity (Wildman–Crippen MR) is 113 cm³/mol. The number of rotatable bonds is 11. The molecule has 1 aromatic heterocycles. The van der Waals surface area contributed by atoms with Gasteiger partial charge in [0.25, 0.3) is 5.91 Å². The average molecular weight is 414 g/mol. The van der Waals surface area contributed by atoms with E-state index >= 15 is 0 Å². The van der Waals surface area contributed by atoms with Gasteiger partial charge in [-0.05, 0) is 56.7 Å². The van der Waals surface area contributed by atoms with Gasteiger partial charge in [-0.1, -0.05) is 0 Å². The van der Waals surface area contributed by atoms with Gasteiger partial charge in [0.1, 0.15) is 5.82 Å². The molecule has 9 heteroatoms. The molecule has 0 saturated carbocycles. The van der Waals surface area contributed by atoms with Crippen LogP contribution in [-0.2, 0) is 4.79 Å². The van der Waals surface area contributed by atoms with Crippen LogP contribution in [0.5, 0.6) is 11.5 Å². The third-order valence-corrected chi connectivity index (χ3v) is 4.14. The number of hydrogen-bond donors (Lipinski definition) is 2. The molecular formula is C21H26N4O5. The van der Waals surface area contributed by atoms with Gasteiger partial charge < -0.3 is 19.5 Å². The Morgan fingerprint density at radius 1 is 1.13 bits per heavy atom. The standard InChI is InChI=1S/C21H26N4O5/c1-4-25(5-2)20(26)14-30-17-9-7-15(11-18(17)29-6-3)12-23-24-19-10-8-16(13-22-19)21(27)28/h7-13H,4-6,14H2,1-3H3,(H,22,24)(H,27,28)/b23-12+. The molecule has 0 spiro atoms. The Labute approximate surface area is 175 Å². The lowest BCUT2D eigenvalue weighted by Gasteiger charge is -2.19. The van der Waals surface area contributed by atoms with Crippen LogP contribution in [0.4, 0.5) is 5.82 Å². The van der Waals surface area contributed by atoms with E-state index in [1.165, 1.54) is 18.3 Å². The molecule has 0 aliphatic carbocycles. The maximum Gasteiger partial charge on any atom is 0.337 e. The maximum atomic E-state index is 12.1. The molecule has 2 N–H and O–H groups in total. The lowest BCUT2D eigenvalue weighted by atomic mass is 10.2. The molecule has 0 saturated heterocycles. The number of nitrogens with zero attached hydrogens (tertiary/aromatic N) is 3. The van der Waals surface area contributed by atoms with Gasteiger partial charge in [-0.2, -0.15) is 5.10 Å². The molecule has 1 aromatic carbocycles. The van der Waals surface area contributed by atoms with E-state index < -0.39 is 5.97 Å². The average Bonchev–Trinajstić information content (AvgIpc) is 2.74. The van der Waals surface area contributed by atoms with Crippen LogP contribution in [0.3, 0.4) is 0 Å². The van der Waals surface area contributed by atoms with Gasteiger partial charge in [0.05, 0.1) is 18.4 Å². The number of benzene rings is 1. The van der Waals surface area contributed by atoms with Crippen LogP contribution in [0.1, 0.15) is 36.7 Å². The third-order valence-electron chi connectivity index (χ3n) is 4.14. The van der Waals surface area contributed by atoms with Crippen molar-refractivity contribution in [2.24, 2.45) is 5.10 Å². The van der Waals surface area contributed by atoms with E-state index in [1.54, 1.807) is 29.3 Å². The number of anilines is 1. The second-order valence-electron chi connectivity index (χ2n) is 6.10. The Kier molecular flexibility index (Phi) is 8.61. The lowest BCUT2D eigenvalue weighted by molar-refractivity contribution is -0.133. The number of hydrazone groups is 1. The van der Waals surface area contributed by atoms with Gasteiger partial charge in [-0.3, -0.25) is 10.2 Å². The highest BCUT2D eigenvalue weighted by Crippen LogP contribution is 2.28. The monoisotopic (exact) mass is 414 g/mol. The number of carbonyl (C=O) groups is 2. The van der Waals surface area contributed by atoms with E-state index in [9.17, 15) is 9.59 Å². The molecule has 0 bridgehead atoms. The van der Waals surface area contributed by atoms with Crippen molar-refractivity contribution in [1.29, 1.82) is 0 Å². The molecule has 9 nitrogen and oxygen atoms in total. The number of hydrogen-bond acceptors (Lipinski definition) is 7. The number of aromatic carboxylic acids is 1. The number of carboxylic acid groups (broad SMARTS) is 1. The Balaban J connectivity index is 2.03. The van der Waals surface area contributed by atoms with Crippen LogP contribution in [0.2, 0.25) is 0 Å². The fourth-order valence-electron chi connectivity index (χ4n) is 2.56. The summed E-state index contributed by atoms with van der Waals surface area (Å²) in [5, 5.41) is 13.0. The van der Waals surface area contributed by atoms with Crippen LogP contribution in [0.15, 0.2) is 41.6 Å². The van der Waals surface area contributed by atoms with Crippen molar-refractivity contribution in [3.05, 3.63) is 47.7 Å². The first-order chi connectivity index (χ1) is 14.5. The van der Waals surface area contributed by atoms with Crippen LogP contribution in [-0.4, -0.2) is 59.4 Å². The van der Waals surface area contributed by atoms with Gasteiger partial charge in [-0.15, -0.1) is 0 Å². The van der Waals surface area contributed by atoms with E-state index in [4.69, 9.17) is 14.6 Å². The van der Waals surface area contributed by atoms with Crippen molar-refractivity contribution in [3.63, 3.8) is 0 Å². The summed E-state index contributed by atoms with van der Waals surface area (Å²) >= 11 is 0. The van der Waals surface area contributed by atoms with Crippen molar-refractivity contribution in [2.45, 2.75) is 20.8 Å². The Hall–Kier alpha value is -3.62. The molecular weight excluding hydrogens is 388 g/mol. The number of carboxylic acids is 1. The highest BCUT2D eigenvalue weighted by molar-refractivity contribution is 5.87. The van der Waals surface area contributed by atoms with Gasteiger partial charge in [0, 0.05) is 19.3 Å². The van der Waals surface area contributed by atoms with Crippen molar-refractivity contribution in [3.8, 4) is 11.5 Å². The van der Waals surface area contributed by atoms with Crippen LogP contribution < -0.4 is 14.9 Å². The summed E-state index contributed by atoms with van der Waals surface area (Å²) in [6.07, 6.45) is 2.82. The molecule has 0 unspecified atom stereocenters. The Bertz CT molecular complexity index is 879. The van der Waals surface area contributed by atoms with E-state index in [0.29, 0.717) is 37.0 Å². The molecule has 2 aromatic rings. The summed E-state index contributed by atoms with van der Waals surface area (Å²) in [5.41, 5.74) is 3.58. The number of aromatic nitrogens is 1. The van der Waals surface area contributed by atoms with Crippen LogP contribution in [0, 0.1) is 0 Å². The number of nitrogens with one attached hydrogen (secondary N) is 1. The number of amides is 1. The normalized spacial score (nSPS) is 10.6. The number of carbonyl (C=O) groups excluding carboxylic acids is 1. The van der Waals surface area contributed by atoms with Crippen LogP contribution in [0.25, 0.3) is 0 Å². The second kappa shape index (κ2) is 11.4. The number of ether oxygens (including phenoxy) is 2. The minimum absolute atomic E-state index is 0.0608. The zero-order chi connectivity index (χ0) is 21.9. The predicted octanol–water partition coefficient (Wildman–Crippen LogP) is 2.87. The SMILES string of the molecule is CCOc1cc(/C=N/Nc2ccc(C(=O)O)cn2)ccc1OCC(=O)N(CC)CC. The molecule has 0 atom stereocenters. The second-order valence-corrected chi connectivity index (χ2v) is 6.10. The van der Waals surface area contributed by atoms with Crippen molar-refractivity contribution in [1.82, 2.24) is 9.88 Å². The first-order valence-electron chi connectivity index (χ1n) is 9.64. The maximum absolute atomic E-state index is 12.1. The topological polar surface area (TPSA) is 113 Å². The number of pyridine rings is 1. The van der Waals surface area contributed by atoms with E-state index in [2.05, 4.69) is 15.5 Å². The lowest BCUT2D eigenvalue weighted by Crippen LogP contribution is -2.34. The summed E-state index contributed by atoms with van der Waals surface area (Å²) < 4.78 is 11.3. The summed E-state index contributed by atoms with van der Waals surface area (Å²) in [6.45, 7) is 7.35. The van der Waals surface area contributed by atoms with Gasteiger partial charge >= 0.3 is 5.97 Å². The quantitative estimate of drug-likeness (QED) is 0.429. The zero-order valence-corrected chi connectivity index (χ0v) is 17.3. The number of likely N-dealkylation sites (N-methyl/N-ethyl adjacent to an activating group) is 1. The van der Waals surface area contributed by atoms with Crippen molar-refractivity contribution < 1.29 is 24.2 Å². The zero-order valence-electron chi connectivity index (χ0n) is 17.3. The third kappa shape index (κ3) is 6.47. The highest BCUT2D eigenvalue weighted by atomic mass is 16.5. The van der Waals surface area contributed by atoms with Gasteiger partial charge in [0.2, 0.25) is 0 Å². The largest absolute Gasteiger partial charge is 0.490 e. The Morgan fingerprint density at radius 3 is 2.50 bits per heavy atom. The van der Waals surface area contributed by atoms with E-state index in [1.807, 2.05) is 20.8 Å². The summed E-state index contributed by atoms with van der Waals surface area (Å²) in [4.78, 5) is 28.7. The molecule has 0 fully saturated rings. The summed E-state index contributed by atoms with van der Waals surface area (Å²) in [6, 6.07) is 8.22. The fraction of sp³-hybridized carbons (Fsp3) is 0.333. The Morgan fingerprint density at radius 2 is 1.90 bits per heavy atom. The van der Waals surface area contributed by atoms with E-state index in [-0.39, 0.29) is 18.1 Å². The minimum Gasteiger partial charge on any atom is -0.490 e. The highest BCUT2D eigenvalue weighted by Gasteiger charge is 2.13. The molecule has 2 rings (SSSR count). The molecule has 1 amide bonds. The molecule has 0 aliphatic heterocycles. The van der Waals surface area contributed by atoms with Crippen molar-refractivity contribution >= 4 is 23.9 Å². The smallest absolute Gasteiger partial charge is 0.337 e. The summed E-state index contributed by atoms with van der Waals surface area (Å²) in [7, 11) is 0. The van der Waals surface area contributed by atoms with Crippen molar-refractivity contribution in [2.75, 3.05) is 31.7 Å². The molecule has 30 heavy (non-hydrogen) atoms. The first kappa shape index (κ1) is 22.7. The molecule has 1 heterocycles. The first-order valence-corrected chi connectivity index (χ1v) is 9.64. The summed E-state index contributed by atoms with van der Waals surface area (Å²) in [5.74, 6) is 0.281. The van der Waals surface area contributed by atoms with Crippen LogP contribution >= 0.6 is 0 Å².